The van der Waals surface area contributed by atoms with Gasteiger partial charge >= 0.3 is 0 Å². The van der Waals surface area contributed by atoms with Crippen molar-refractivity contribution < 1.29 is 14.0 Å². The maximum absolute atomic E-state index is 13.7. The van der Waals surface area contributed by atoms with Gasteiger partial charge in [0, 0.05) is 28.7 Å². The number of furan rings is 1. The molecular formula is C25H21ClN2O3. The van der Waals surface area contributed by atoms with E-state index in [9.17, 15) is 9.59 Å². The van der Waals surface area contributed by atoms with Crippen LogP contribution in [0, 0.1) is 5.92 Å². The Morgan fingerprint density at radius 3 is 2.71 bits per heavy atom. The number of nitrogens with one attached hydrogen (secondary N) is 1. The number of benzene rings is 2. The summed E-state index contributed by atoms with van der Waals surface area (Å²) in [6.07, 6.45) is 4.86. The van der Waals surface area contributed by atoms with Gasteiger partial charge in [0.15, 0.2) is 5.78 Å². The third-order valence-electron chi connectivity index (χ3n) is 6.40. The van der Waals surface area contributed by atoms with E-state index in [0.29, 0.717) is 17.3 Å². The van der Waals surface area contributed by atoms with Crippen LogP contribution in [0.5, 0.6) is 0 Å². The molecule has 2 aromatic carbocycles. The first-order valence-corrected chi connectivity index (χ1v) is 10.5. The van der Waals surface area contributed by atoms with Crippen LogP contribution in [0.4, 0.5) is 5.69 Å². The SMILES string of the molecule is CN1CC(c2ccco2)C(C(=O)C=Cc2ccccc2Cl)C12C(=O)Nc1ccccc12. The zero-order valence-corrected chi connectivity index (χ0v) is 17.7. The Morgan fingerprint density at radius 1 is 1.16 bits per heavy atom. The molecule has 0 radical (unpaired) electrons. The molecule has 1 aromatic heterocycles. The molecule has 3 unspecified atom stereocenters. The summed E-state index contributed by atoms with van der Waals surface area (Å²) in [5.74, 6) is -0.538. The fourth-order valence-electron chi connectivity index (χ4n) is 5.07. The zero-order valence-electron chi connectivity index (χ0n) is 16.9. The average molecular weight is 433 g/mol. The lowest BCUT2D eigenvalue weighted by atomic mass is 9.72. The zero-order chi connectivity index (χ0) is 21.6. The third kappa shape index (κ3) is 2.96. The van der Waals surface area contributed by atoms with Gasteiger partial charge in [0.2, 0.25) is 5.91 Å². The van der Waals surface area contributed by atoms with Crippen molar-refractivity contribution in [1.82, 2.24) is 4.90 Å². The smallest absolute Gasteiger partial charge is 0.250 e. The molecule has 2 aliphatic heterocycles. The Balaban J connectivity index is 1.63. The number of ketones is 1. The van der Waals surface area contributed by atoms with Crippen LogP contribution in [-0.4, -0.2) is 30.2 Å². The molecule has 3 aromatic rings. The number of carbonyl (C=O) groups excluding carboxylic acids is 2. The summed E-state index contributed by atoms with van der Waals surface area (Å²) in [7, 11) is 1.89. The quantitative estimate of drug-likeness (QED) is 0.606. The minimum Gasteiger partial charge on any atom is -0.469 e. The van der Waals surface area contributed by atoms with Crippen molar-refractivity contribution in [2.24, 2.45) is 5.92 Å². The number of fused-ring (bicyclic) bond motifs is 2. The summed E-state index contributed by atoms with van der Waals surface area (Å²) < 4.78 is 5.70. The van der Waals surface area contributed by atoms with Gasteiger partial charge in [-0.2, -0.15) is 0 Å². The lowest BCUT2D eigenvalue weighted by molar-refractivity contribution is -0.133. The van der Waals surface area contributed by atoms with Crippen LogP contribution in [0.3, 0.4) is 0 Å². The highest BCUT2D eigenvalue weighted by molar-refractivity contribution is 6.32. The van der Waals surface area contributed by atoms with Crippen LogP contribution in [0.25, 0.3) is 6.08 Å². The standard InChI is InChI=1S/C25H21ClN2O3/c1-28-15-17(22-11-6-14-31-22)23(21(29)13-12-16-7-2-4-9-19(16)26)25(28)18-8-3-5-10-20(18)27-24(25)30/h2-14,17,23H,15H2,1H3,(H,27,30). The number of likely N-dealkylation sites (N-methyl/N-ethyl adjacent to an activating group) is 1. The summed E-state index contributed by atoms with van der Waals surface area (Å²) in [5.41, 5.74) is 1.22. The van der Waals surface area contributed by atoms with Gasteiger partial charge in [-0.15, -0.1) is 0 Å². The van der Waals surface area contributed by atoms with E-state index >= 15 is 0 Å². The first kappa shape index (κ1) is 19.8. The van der Waals surface area contributed by atoms with Gasteiger partial charge in [-0.25, -0.2) is 0 Å². The molecule has 1 saturated heterocycles. The molecule has 1 fully saturated rings. The summed E-state index contributed by atoms with van der Waals surface area (Å²) in [4.78, 5) is 29.1. The fourth-order valence-corrected chi connectivity index (χ4v) is 5.27. The molecule has 1 amide bonds. The number of allylic oxidation sites excluding steroid dienone is 1. The van der Waals surface area contributed by atoms with Crippen molar-refractivity contribution >= 4 is 35.1 Å². The number of hydrogen-bond donors (Lipinski definition) is 1. The van der Waals surface area contributed by atoms with Gasteiger partial charge in [0.25, 0.3) is 0 Å². The Morgan fingerprint density at radius 2 is 1.94 bits per heavy atom. The highest BCUT2D eigenvalue weighted by Crippen LogP contribution is 2.55. The van der Waals surface area contributed by atoms with E-state index in [4.69, 9.17) is 16.0 Å². The highest BCUT2D eigenvalue weighted by Gasteiger charge is 2.64. The van der Waals surface area contributed by atoms with Gasteiger partial charge in [-0.3, -0.25) is 14.5 Å². The first-order valence-electron chi connectivity index (χ1n) is 10.2. The van der Waals surface area contributed by atoms with Gasteiger partial charge in [0.05, 0.1) is 12.2 Å². The lowest BCUT2D eigenvalue weighted by Crippen LogP contribution is -2.51. The molecule has 0 bridgehead atoms. The molecule has 0 aliphatic carbocycles. The number of anilines is 1. The maximum Gasteiger partial charge on any atom is 0.250 e. The number of halogens is 1. The predicted octanol–water partition coefficient (Wildman–Crippen LogP) is 4.71. The summed E-state index contributed by atoms with van der Waals surface area (Å²) >= 11 is 6.26. The number of likely N-dealkylation sites (tertiary alicyclic amines) is 1. The van der Waals surface area contributed by atoms with Gasteiger partial charge in [-0.05, 0) is 49.0 Å². The molecule has 2 aliphatic rings. The number of carbonyl (C=O) groups is 2. The van der Waals surface area contributed by atoms with E-state index in [1.165, 1.54) is 6.08 Å². The normalized spacial score (nSPS) is 25.3. The topological polar surface area (TPSA) is 62.6 Å². The first-order chi connectivity index (χ1) is 15.0. The number of amides is 1. The van der Waals surface area contributed by atoms with E-state index < -0.39 is 11.5 Å². The van der Waals surface area contributed by atoms with Gasteiger partial charge < -0.3 is 9.73 Å². The van der Waals surface area contributed by atoms with Gasteiger partial charge in [0.1, 0.15) is 11.3 Å². The maximum atomic E-state index is 13.7. The minimum absolute atomic E-state index is 0.141. The Hall–Kier alpha value is -3.15. The van der Waals surface area contributed by atoms with Crippen molar-refractivity contribution in [2.45, 2.75) is 11.5 Å². The molecule has 1 spiro atoms. The van der Waals surface area contributed by atoms with Crippen molar-refractivity contribution in [3.63, 3.8) is 0 Å². The molecule has 3 heterocycles. The molecule has 31 heavy (non-hydrogen) atoms. The van der Waals surface area contributed by atoms with Crippen molar-refractivity contribution in [1.29, 1.82) is 0 Å². The van der Waals surface area contributed by atoms with E-state index in [2.05, 4.69) is 5.32 Å². The predicted molar refractivity (Wildman–Crippen MR) is 120 cm³/mol. The molecule has 6 heteroatoms. The average Bonchev–Trinajstić information content (AvgIpc) is 3.46. The van der Waals surface area contributed by atoms with E-state index in [-0.39, 0.29) is 17.6 Å². The molecule has 156 valence electrons. The summed E-state index contributed by atoms with van der Waals surface area (Å²) in [6, 6.07) is 18.6. The van der Waals surface area contributed by atoms with Crippen LogP contribution in [0.2, 0.25) is 5.02 Å². The van der Waals surface area contributed by atoms with Gasteiger partial charge in [-0.1, -0.05) is 48.0 Å². The van der Waals surface area contributed by atoms with E-state index in [0.717, 1.165) is 16.8 Å². The van der Waals surface area contributed by atoms with Crippen LogP contribution in [0.15, 0.2) is 77.4 Å². The fraction of sp³-hybridized carbons (Fsp3) is 0.200. The molecule has 3 atom stereocenters. The summed E-state index contributed by atoms with van der Waals surface area (Å²) in [6.45, 7) is 0.519. The van der Waals surface area contributed by atoms with Crippen LogP contribution < -0.4 is 5.32 Å². The molecule has 5 nitrogen and oxygen atoms in total. The number of nitrogens with zero attached hydrogens (tertiary/aromatic N) is 1. The number of para-hydroxylation sites is 1. The molecule has 0 saturated carbocycles. The summed E-state index contributed by atoms with van der Waals surface area (Å²) in [5, 5.41) is 3.55. The molecule has 1 N–H and O–H groups in total. The second-order valence-corrected chi connectivity index (χ2v) is 8.41. The van der Waals surface area contributed by atoms with Crippen LogP contribution >= 0.6 is 11.6 Å². The van der Waals surface area contributed by atoms with Crippen molar-refractivity contribution in [3.05, 3.63) is 94.9 Å². The Labute approximate surface area is 185 Å². The Kier molecular flexibility index (Phi) is 4.80. The monoisotopic (exact) mass is 432 g/mol. The van der Waals surface area contributed by atoms with Crippen molar-refractivity contribution in [3.8, 4) is 0 Å². The van der Waals surface area contributed by atoms with Crippen LogP contribution in [-0.2, 0) is 15.1 Å². The Bertz CT molecular complexity index is 1190. The number of rotatable bonds is 4. The highest BCUT2D eigenvalue weighted by atomic mass is 35.5. The van der Waals surface area contributed by atoms with E-state index in [1.54, 1.807) is 18.4 Å². The van der Waals surface area contributed by atoms with Crippen LogP contribution in [0.1, 0.15) is 22.8 Å². The molecule has 5 rings (SSSR count). The second-order valence-electron chi connectivity index (χ2n) is 8.00. The molecular weight excluding hydrogens is 412 g/mol. The number of hydrogen-bond acceptors (Lipinski definition) is 4. The minimum atomic E-state index is -1.10. The third-order valence-corrected chi connectivity index (χ3v) is 6.75. The van der Waals surface area contributed by atoms with E-state index in [1.807, 2.05) is 66.5 Å². The van der Waals surface area contributed by atoms with Crippen molar-refractivity contribution in [2.75, 3.05) is 18.9 Å². The lowest BCUT2D eigenvalue weighted by Gasteiger charge is -2.34. The largest absolute Gasteiger partial charge is 0.469 e. The second kappa shape index (κ2) is 7.52.